The van der Waals surface area contributed by atoms with Crippen LogP contribution in [0, 0.1) is 0 Å². The lowest BCUT2D eigenvalue weighted by Gasteiger charge is -1.97. The number of amides is 2. The molecule has 2 aromatic heterocycles. The number of nitrogens with two attached hydrogens (primary N) is 2. The van der Waals surface area contributed by atoms with Crippen LogP contribution in [0.1, 0.15) is 20.7 Å². The van der Waals surface area contributed by atoms with E-state index in [4.69, 9.17) is 26.7 Å². The minimum absolute atomic E-state index is 0.309. The summed E-state index contributed by atoms with van der Waals surface area (Å²) in [6, 6.07) is 10.3. The van der Waals surface area contributed by atoms with Crippen molar-refractivity contribution < 1.29 is 24.6 Å². The zero-order valence-electron chi connectivity index (χ0n) is 15.3. The van der Waals surface area contributed by atoms with Crippen LogP contribution < -0.4 is 22.5 Å². The van der Waals surface area contributed by atoms with Crippen LogP contribution in [0.15, 0.2) is 49.1 Å². The Morgan fingerprint density at radius 2 is 1.13 bits per heavy atom. The molecule has 0 bridgehead atoms. The van der Waals surface area contributed by atoms with Crippen molar-refractivity contribution in [2.45, 2.75) is 0 Å². The third kappa shape index (κ3) is 5.75. The summed E-state index contributed by atoms with van der Waals surface area (Å²) in [4.78, 5) is 44.6. The number of carbonyl (C=O) groups excluding carboxylic acids is 2. The summed E-state index contributed by atoms with van der Waals surface area (Å²) < 4.78 is 0. The van der Waals surface area contributed by atoms with Crippen LogP contribution in [0.3, 0.4) is 0 Å². The van der Waals surface area contributed by atoms with Crippen molar-refractivity contribution in [3.8, 4) is 0 Å². The zero-order chi connectivity index (χ0) is 22.1. The summed E-state index contributed by atoms with van der Waals surface area (Å²) in [5.41, 5.74) is 8.45. The molecule has 0 fully saturated rings. The number of aromatic nitrogens is 4. The lowest BCUT2D eigenvalue weighted by Crippen LogP contribution is -2.29. The number of hydrogen-bond donors (Lipinski definition) is 8. The molecule has 10 N–H and O–H groups in total. The first-order valence-corrected chi connectivity index (χ1v) is 8.15. The molecule has 13 heteroatoms. The van der Waals surface area contributed by atoms with Gasteiger partial charge in [0.1, 0.15) is 0 Å². The summed E-state index contributed by atoms with van der Waals surface area (Å²) in [5, 5.41) is 13.9. The van der Waals surface area contributed by atoms with Crippen molar-refractivity contribution in [3.63, 3.8) is 0 Å². The number of nitrogens with zero attached hydrogens (tertiary/aromatic N) is 2. The fourth-order valence-corrected chi connectivity index (χ4v) is 2.32. The van der Waals surface area contributed by atoms with Crippen molar-refractivity contribution in [2.24, 2.45) is 11.7 Å². The van der Waals surface area contributed by atoms with Crippen LogP contribution in [-0.4, -0.2) is 48.1 Å². The topological polar surface area (TPSA) is 225 Å². The van der Waals surface area contributed by atoms with E-state index in [2.05, 4.69) is 30.8 Å². The number of carbonyl (C=O) groups is 3. The lowest BCUT2D eigenvalue weighted by molar-refractivity contribution is 0.0946. The Morgan fingerprint density at radius 1 is 0.767 bits per heavy atom. The van der Waals surface area contributed by atoms with Crippen LogP contribution in [-0.2, 0) is 0 Å². The van der Waals surface area contributed by atoms with Gasteiger partial charge in [-0.05, 0) is 36.4 Å². The predicted octanol–water partition coefficient (Wildman–Crippen LogP) is 0.555. The van der Waals surface area contributed by atoms with E-state index < -0.39 is 6.16 Å². The van der Waals surface area contributed by atoms with Gasteiger partial charge in [0.25, 0.3) is 11.8 Å². The number of hydrazine groups is 2. The minimum atomic E-state index is -1.83. The van der Waals surface area contributed by atoms with E-state index in [1.54, 1.807) is 49.1 Å². The average Bonchev–Trinajstić information content (AvgIpc) is 3.40. The maximum Gasteiger partial charge on any atom is 0.503 e. The quantitative estimate of drug-likeness (QED) is 0.130. The van der Waals surface area contributed by atoms with E-state index in [0.29, 0.717) is 11.1 Å². The van der Waals surface area contributed by atoms with Crippen LogP contribution in [0.25, 0.3) is 22.1 Å². The highest BCUT2D eigenvalue weighted by Crippen LogP contribution is 2.11. The molecule has 0 saturated carbocycles. The number of rotatable bonds is 2. The standard InChI is InChI=1S/2C8H8N4O.CH2O3/c2*9-12-8(13)5-1-2-6-7(3-5)11-4-10-6;2-1(3)4/h2*1-4H,9H2,(H,10,11)(H,12,13);(H2,2,3,4). The largest absolute Gasteiger partial charge is 0.503 e. The maximum atomic E-state index is 11.1. The number of H-pyrrole nitrogens is 2. The number of fused-ring (bicyclic) bond motifs is 2. The van der Waals surface area contributed by atoms with E-state index in [1.165, 1.54) is 0 Å². The molecular weight excluding hydrogens is 396 g/mol. The number of carboxylic acid groups (broad SMARTS) is 2. The molecule has 0 atom stereocenters. The van der Waals surface area contributed by atoms with Crippen molar-refractivity contribution in [2.75, 3.05) is 0 Å². The molecule has 0 unspecified atom stereocenters. The number of hydrogen-bond acceptors (Lipinski definition) is 7. The minimum Gasteiger partial charge on any atom is -0.450 e. The second-order valence-corrected chi connectivity index (χ2v) is 5.50. The van der Waals surface area contributed by atoms with E-state index in [9.17, 15) is 9.59 Å². The Bertz CT molecular complexity index is 1080. The van der Waals surface area contributed by atoms with Gasteiger partial charge in [-0.15, -0.1) is 0 Å². The van der Waals surface area contributed by atoms with Crippen LogP contribution in [0.4, 0.5) is 4.79 Å². The Kier molecular flexibility index (Phi) is 7.39. The molecule has 0 aliphatic carbocycles. The fourth-order valence-electron chi connectivity index (χ4n) is 2.32. The Morgan fingerprint density at radius 3 is 1.47 bits per heavy atom. The molecule has 0 aliphatic rings. The zero-order valence-corrected chi connectivity index (χ0v) is 15.3. The molecule has 0 aliphatic heterocycles. The van der Waals surface area contributed by atoms with Crippen molar-refractivity contribution in [1.82, 2.24) is 30.8 Å². The molecule has 2 amide bonds. The Labute approximate surface area is 168 Å². The predicted molar refractivity (Wildman–Crippen MR) is 106 cm³/mol. The van der Waals surface area contributed by atoms with Crippen molar-refractivity contribution in [3.05, 3.63) is 60.2 Å². The Hall–Kier alpha value is -4.49. The smallest absolute Gasteiger partial charge is 0.450 e. The third-order valence-corrected chi connectivity index (χ3v) is 3.63. The van der Waals surface area contributed by atoms with E-state index in [0.717, 1.165) is 22.1 Å². The van der Waals surface area contributed by atoms with Gasteiger partial charge >= 0.3 is 6.16 Å². The first-order chi connectivity index (χ1) is 14.3. The summed E-state index contributed by atoms with van der Waals surface area (Å²) in [6.45, 7) is 0. The highest BCUT2D eigenvalue weighted by Gasteiger charge is 2.05. The molecule has 4 rings (SSSR count). The number of nitrogens with one attached hydrogen (secondary N) is 4. The molecule has 2 heterocycles. The molecular formula is C17H18N8O5. The highest BCUT2D eigenvalue weighted by molar-refractivity contribution is 5.97. The van der Waals surface area contributed by atoms with Gasteiger partial charge in [0.2, 0.25) is 0 Å². The van der Waals surface area contributed by atoms with Gasteiger partial charge < -0.3 is 20.2 Å². The highest BCUT2D eigenvalue weighted by atomic mass is 16.6. The van der Waals surface area contributed by atoms with Crippen LogP contribution in [0.2, 0.25) is 0 Å². The summed E-state index contributed by atoms with van der Waals surface area (Å²) in [7, 11) is 0. The first kappa shape index (κ1) is 21.8. The molecule has 0 saturated heterocycles. The van der Waals surface area contributed by atoms with E-state index in [-0.39, 0.29) is 11.8 Å². The second kappa shape index (κ2) is 10.2. The summed E-state index contributed by atoms with van der Waals surface area (Å²) in [6.07, 6.45) is 1.32. The van der Waals surface area contributed by atoms with E-state index >= 15 is 0 Å². The van der Waals surface area contributed by atoms with Gasteiger partial charge in [0.15, 0.2) is 0 Å². The number of benzene rings is 2. The number of imidazole rings is 2. The van der Waals surface area contributed by atoms with Crippen molar-refractivity contribution in [1.29, 1.82) is 0 Å². The number of nitrogen functional groups attached to an aromatic ring is 2. The normalized spacial score (nSPS) is 9.67. The fraction of sp³-hybridized carbons (Fsp3) is 0. The second-order valence-electron chi connectivity index (χ2n) is 5.50. The van der Waals surface area contributed by atoms with Gasteiger partial charge in [0, 0.05) is 11.1 Å². The van der Waals surface area contributed by atoms with Gasteiger partial charge in [0.05, 0.1) is 34.7 Å². The molecule has 156 valence electrons. The van der Waals surface area contributed by atoms with Gasteiger partial charge in [-0.1, -0.05) is 0 Å². The summed E-state index contributed by atoms with van der Waals surface area (Å²) in [5.74, 6) is 9.38. The summed E-state index contributed by atoms with van der Waals surface area (Å²) >= 11 is 0. The van der Waals surface area contributed by atoms with E-state index in [1.807, 2.05) is 0 Å². The third-order valence-electron chi connectivity index (χ3n) is 3.63. The Balaban J connectivity index is 0.000000182. The van der Waals surface area contributed by atoms with Crippen LogP contribution in [0.5, 0.6) is 0 Å². The SMILES string of the molecule is NNC(=O)c1ccc2nc[nH]c2c1.NNC(=O)c1ccc2nc[nH]c2c1.O=C(O)O. The average molecular weight is 414 g/mol. The van der Waals surface area contributed by atoms with Crippen LogP contribution >= 0.6 is 0 Å². The maximum absolute atomic E-state index is 11.1. The molecule has 13 nitrogen and oxygen atoms in total. The number of aromatic amines is 2. The van der Waals surface area contributed by atoms with Gasteiger partial charge in [-0.2, -0.15) is 0 Å². The monoisotopic (exact) mass is 414 g/mol. The first-order valence-electron chi connectivity index (χ1n) is 8.15. The molecule has 30 heavy (non-hydrogen) atoms. The van der Waals surface area contributed by atoms with Crippen molar-refractivity contribution >= 4 is 40.0 Å². The molecule has 4 aromatic rings. The van der Waals surface area contributed by atoms with Gasteiger partial charge in [-0.3, -0.25) is 20.4 Å². The lowest BCUT2D eigenvalue weighted by atomic mass is 10.2. The molecule has 0 radical (unpaired) electrons. The van der Waals surface area contributed by atoms with Gasteiger partial charge in [-0.25, -0.2) is 26.4 Å². The molecule has 0 spiro atoms. The molecule has 2 aromatic carbocycles.